The van der Waals surface area contributed by atoms with E-state index in [2.05, 4.69) is 27.6 Å². The second-order valence-corrected chi connectivity index (χ2v) is 4.96. The Morgan fingerprint density at radius 2 is 1.88 bits per heavy atom. The first-order chi connectivity index (χ1) is 7.68. The van der Waals surface area contributed by atoms with Crippen LogP contribution in [0.15, 0.2) is 29.3 Å². The van der Waals surface area contributed by atoms with E-state index in [1.54, 1.807) is 0 Å². The summed E-state index contributed by atoms with van der Waals surface area (Å²) in [6.45, 7) is 0.555. The predicted octanol–water partition coefficient (Wildman–Crippen LogP) is 0.412. The molecule has 1 rings (SSSR count). The Morgan fingerprint density at radius 1 is 1.35 bits per heavy atom. The summed E-state index contributed by atoms with van der Waals surface area (Å²) in [4.78, 5) is 3.90. The highest BCUT2D eigenvalue weighted by atomic mass is 123. The number of aliphatic imine (C=N–C) groups is 1. The lowest BCUT2D eigenvalue weighted by molar-refractivity contribution is 0.381. The Kier molecular flexibility index (Phi) is 7.03. The molecule has 0 aliphatic heterocycles. The molecule has 17 heavy (non-hydrogen) atoms. The van der Waals surface area contributed by atoms with E-state index < -0.39 is 10.4 Å². The van der Waals surface area contributed by atoms with E-state index in [-0.39, 0.29) is 5.96 Å². The fourth-order valence-corrected chi connectivity index (χ4v) is 1.43. The molecule has 0 aliphatic rings. The lowest BCUT2D eigenvalue weighted by Crippen LogP contribution is -2.22. The van der Waals surface area contributed by atoms with Crippen LogP contribution in [0.4, 0.5) is 0 Å². The van der Waals surface area contributed by atoms with E-state index >= 15 is 0 Å². The zero-order valence-corrected chi connectivity index (χ0v) is 11.6. The van der Waals surface area contributed by atoms with Crippen molar-refractivity contribution in [2.45, 2.75) is 6.54 Å². The molecule has 0 unspecified atom stereocenters. The van der Waals surface area contributed by atoms with E-state index in [0.717, 1.165) is 5.56 Å². The van der Waals surface area contributed by atoms with Crippen LogP contribution in [0, 0.1) is 3.57 Å². The standard InChI is InChI=1S/C8H10IN3.H2O4S/c9-7-3-1-2-6(4-7)5-12-8(10)11;1-5(2,3)4/h1-4H,5H2,(H4,10,11,12);(H2,1,2,3,4)/i9-4;. The smallest absolute Gasteiger partial charge is 0.370 e. The Bertz CT molecular complexity index is 477. The summed E-state index contributed by atoms with van der Waals surface area (Å²) in [5, 5.41) is 0. The second-order valence-electron chi connectivity index (χ2n) is 2.82. The van der Waals surface area contributed by atoms with Crippen molar-refractivity contribution >= 4 is 38.9 Å². The Balaban J connectivity index is 0.000000437. The van der Waals surface area contributed by atoms with Crippen LogP contribution in [-0.2, 0) is 16.9 Å². The number of hydrogen-bond acceptors (Lipinski definition) is 3. The van der Waals surface area contributed by atoms with Gasteiger partial charge in [-0.15, -0.1) is 0 Å². The van der Waals surface area contributed by atoms with E-state index in [1.807, 2.05) is 24.3 Å². The van der Waals surface area contributed by atoms with Gasteiger partial charge in [0, 0.05) is 3.57 Å². The minimum atomic E-state index is -4.67. The number of halogens is 1. The van der Waals surface area contributed by atoms with Crippen LogP contribution < -0.4 is 11.5 Å². The maximum Gasteiger partial charge on any atom is 0.394 e. The lowest BCUT2D eigenvalue weighted by Gasteiger charge is -1.97. The maximum absolute atomic E-state index is 8.74. The molecule has 0 spiro atoms. The van der Waals surface area contributed by atoms with Crippen LogP contribution in [0.2, 0.25) is 0 Å². The van der Waals surface area contributed by atoms with E-state index in [1.165, 1.54) is 3.57 Å². The molecule has 0 fully saturated rings. The zero-order valence-electron chi connectivity index (χ0n) is 8.62. The van der Waals surface area contributed by atoms with Crippen LogP contribution in [0.3, 0.4) is 0 Å². The van der Waals surface area contributed by atoms with Gasteiger partial charge in [0.15, 0.2) is 5.96 Å². The Labute approximate surface area is 113 Å². The van der Waals surface area contributed by atoms with Gasteiger partial charge in [0.1, 0.15) is 0 Å². The van der Waals surface area contributed by atoms with Crippen molar-refractivity contribution in [1.29, 1.82) is 0 Å². The molecule has 0 aliphatic carbocycles. The molecule has 1 aromatic rings. The first kappa shape index (κ1) is 16.1. The van der Waals surface area contributed by atoms with Crippen molar-refractivity contribution in [3.63, 3.8) is 0 Å². The third kappa shape index (κ3) is 13.0. The molecule has 96 valence electrons. The Morgan fingerprint density at radius 3 is 2.29 bits per heavy atom. The van der Waals surface area contributed by atoms with Gasteiger partial charge in [-0.3, -0.25) is 9.11 Å². The minimum Gasteiger partial charge on any atom is -0.370 e. The highest BCUT2D eigenvalue weighted by Gasteiger charge is 1.91. The van der Waals surface area contributed by atoms with Crippen molar-refractivity contribution < 1.29 is 17.5 Å². The van der Waals surface area contributed by atoms with E-state index in [4.69, 9.17) is 29.0 Å². The van der Waals surface area contributed by atoms with Crippen molar-refractivity contribution in [3.8, 4) is 0 Å². The highest BCUT2D eigenvalue weighted by molar-refractivity contribution is 14.1. The molecule has 0 heterocycles. The molecule has 0 radical (unpaired) electrons. The van der Waals surface area contributed by atoms with Gasteiger partial charge in [0.25, 0.3) is 0 Å². The van der Waals surface area contributed by atoms with Crippen LogP contribution in [0.25, 0.3) is 0 Å². The molecular weight excluding hydrogens is 357 g/mol. The van der Waals surface area contributed by atoms with E-state index in [9.17, 15) is 0 Å². The molecule has 6 N–H and O–H groups in total. The molecule has 0 saturated carbocycles. The van der Waals surface area contributed by atoms with Crippen LogP contribution in [0.5, 0.6) is 0 Å². The van der Waals surface area contributed by atoms with Crippen molar-refractivity contribution in [1.82, 2.24) is 0 Å². The summed E-state index contributed by atoms with van der Waals surface area (Å²) in [6.07, 6.45) is 0. The molecule has 0 atom stereocenters. The third-order valence-corrected chi connectivity index (χ3v) is 2.00. The summed E-state index contributed by atoms with van der Waals surface area (Å²) >= 11 is 2.25. The maximum atomic E-state index is 8.74. The van der Waals surface area contributed by atoms with Crippen molar-refractivity contribution in [2.24, 2.45) is 16.5 Å². The van der Waals surface area contributed by atoms with Crippen LogP contribution in [0.1, 0.15) is 5.56 Å². The predicted molar refractivity (Wildman–Crippen MR) is 72.9 cm³/mol. The number of nitrogens with zero attached hydrogens (tertiary/aromatic N) is 1. The van der Waals surface area contributed by atoms with Crippen LogP contribution >= 0.6 is 22.6 Å². The van der Waals surface area contributed by atoms with E-state index in [0.29, 0.717) is 6.54 Å². The van der Waals surface area contributed by atoms with Gasteiger partial charge in [-0.05, 0) is 40.3 Å². The second kappa shape index (κ2) is 7.42. The molecule has 0 aromatic heterocycles. The number of guanidine groups is 1. The van der Waals surface area contributed by atoms with Gasteiger partial charge in [0.05, 0.1) is 6.54 Å². The molecule has 0 saturated heterocycles. The van der Waals surface area contributed by atoms with Gasteiger partial charge in [-0.1, -0.05) is 12.1 Å². The molecule has 0 bridgehead atoms. The topological polar surface area (TPSA) is 139 Å². The van der Waals surface area contributed by atoms with Gasteiger partial charge in [-0.2, -0.15) is 8.42 Å². The summed E-state index contributed by atoms with van der Waals surface area (Å²) in [7, 11) is -4.67. The summed E-state index contributed by atoms with van der Waals surface area (Å²) in [5.41, 5.74) is 11.5. The average molecular weight is 369 g/mol. The third-order valence-electron chi connectivity index (χ3n) is 1.33. The SMILES string of the molecule is NC(N)=NCc1cccc([123I])c1.O=S(=O)(O)O. The van der Waals surface area contributed by atoms with Crippen molar-refractivity contribution in [3.05, 3.63) is 33.4 Å². The summed E-state index contributed by atoms with van der Waals surface area (Å²) < 4.78 is 32.8. The first-order valence-corrected chi connectivity index (χ1v) is 6.66. The fraction of sp³-hybridized carbons (Fsp3) is 0.125. The number of rotatable bonds is 2. The monoisotopic (exact) mass is 369 g/mol. The number of nitrogens with two attached hydrogens (primary N) is 2. The number of hydrogen-bond donors (Lipinski definition) is 4. The average Bonchev–Trinajstić information content (AvgIpc) is 2.12. The van der Waals surface area contributed by atoms with Crippen LogP contribution in [-0.4, -0.2) is 23.5 Å². The summed E-state index contributed by atoms with van der Waals surface area (Å²) in [6, 6.07) is 8.06. The quantitative estimate of drug-likeness (QED) is 0.258. The molecular formula is C8H12IN3O4S. The molecule has 7 nitrogen and oxygen atoms in total. The van der Waals surface area contributed by atoms with Gasteiger partial charge in [0.2, 0.25) is 0 Å². The first-order valence-electron chi connectivity index (χ1n) is 4.18. The zero-order chi connectivity index (χ0) is 13.5. The van der Waals surface area contributed by atoms with Gasteiger partial charge >= 0.3 is 10.4 Å². The minimum absolute atomic E-state index is 0.133. The molecule has 0 amide bonds. The molecule has 1 aromatic carbocycles. The summed E-state index contributed by atoms with van der Waals surface area (Å²) in [5.74, 6) is 0.133. The lowest BCUT2D eigenvalue weighted by atomic mass is 10.2. The van der Waals surface area contributed by atoms with Gasteiger partial charge < -0.3 is 11.5 Å². The fourth-order valence-electron chi connectivity index (χ4n) is 0.818. The molecule has 9 heteroatoms. The largest absolute Gasteiger partial charge is 0.394 e. The van der Waals surface area contributed by atoms with Crippen molar-refractivity contribution in [2.75, 3.05) is 0 Å². The Hall–Kier alpha value is -0.910. The normalized spacial score (nSPS) is 10.1. The number of benzene rings is 1. The highest BCUT2D eigenvalue weighted by Crippen LogP contribution is 2.08. The van der Waals surface area contributed by atoms with Gasteiger partial charge in [-0.25, -0.2) is 4.99 Å².